The van der Waals surface area contributed by atoms with Gasteiger partial charge >= 0.3 is 0 Å². The van der Waals surface area contributed by atoms with Crippen LogP contribution in [0.2, 0.25) is 0 Å². The second kappa shape index (κ2) is 11.0. The largest absolute Gasteiger partial charge is 0.302 e. The Kier molecular flexibility index (Phi) is 6.42. The molecule has 0 spiro atoms. The van der Waals surface area contributed by atoms with Crippen LogP contribution in [0, 0.1) is 0 Å². The second-order valence-corrected chi connectivity index (χ2v) is 10.4. The number of imidazole rings is 2. The lowest BCUT2D eigenvalue weighted by Crippen LogP contribution is -2.20. The molecule has 44 heavy (non-hydrogen) atoms. The molecule has 210 valence electrons. The Morgan fingerprint density at radius 1 is 0.455 bits per heavy atom. The van der Waals surface area contributed by atoms with Gasteiger partial charge in [0.05, 0.1) is 45.6 Å². The van der Waals surface area contributed by atoms with Gasteiger partial charge < -0.3 is 4.40 Å². The Balaban J connectivity index is 1.45. The monoisotopic (exact) mass is 570 g/mol. The number of hydrogen-bond acceptors (Lipinski definition) is 6. The Morgan fingerprint density at radius 3 is 1.66 bits per heavy atom. The smallest absolute Gasteiger partial charge is 0.163 e. The zero-order chi connectivity index (χ0) is 29.3. The van der Waals surface area contributed by atoms with Crippen LogP contribution in [0.5, 0.6) is 0 Å². The predicted octanol–water partition coefficient (Wildman–Crippen LogP) is 6.86. The molecule has 2 atom stereocenters. The summed E-state index contributed by atoms with van der Waals surface area (Å²) >= 11 is 0. The first-order valence-corrected chi connectivity index (χ1v) is 14.5. The van der Waals surface area contributed by atoms with Crippen molar-refractivity contribution in [3.8, 4) is 22.9 Å². The van der Waals surface area contributed by atoms with Crippen molar-refractivity contribution in [2.24, 2.45) is 0 Å². The van der Waals surface area contributed by atoms with Crippen molar-refractivity contribution in [2.75, 3.05) is 0 Å². The van der Waals surface area contributed by atoms with Gasteiger partial charge in [-0.2, -0.15) is 0 Å². The zero-order valence-electron chi connectivity index (χ0n) is 23.6. The van der Waals surface area contributed by atoms with E-state index in [0.717, 1.165) is 56.8 Å². The highest BCUT2D eigenvalue weighted by Gasteiger charge is 2.37. The minimum atomic E-state index is -0.353. The van der Waals surface area contributed by atoms with Gasteiger partial charge in [0.15, 0.2) is 5.82 Å². The van der Waals surface area contributed by atoms with E-state index in [1.807, 2.05) is 104 Å². The summed E-state index contributed by atoms with van der Waals surface area (Å²) in [5, 5.41) is 0. The van der Waals surface area contributed by atoms with E-state index < -0.39 is 0 Å². The van der Waals surface area contributed by atoms with E-state index in [0.29, 0.717) is 0 Å². The van der Waals surface area contributed by atoms with E-state index in [4.69, 9.17) is 19.9 Å². The molecule has 8 nitrogen and oxygen atoms in total. The van der Waals surface area contributed by atoms with Gasteiger partial charge in [0.25, 0.3) is 0 Å². The molecule has 0 aliphatic heterocycles. The van der Waals surface area contributed by atoms with Crippen molar-refractivity contribution < 1.29 is 0 Å². The first kappa shape index (κ1) is 25.7. The van der Waals surface area contributed by atoms with Crippen LogP contribution in [0.15, 0.2) is 146 Å². The molecular weight excluding hydrogens is 544 g/mol. The van der Waals surface area contributed by atoms with Crippen molar-refractivity contribution in [1.82, 2.24) is 38.7 Å². The summed E-state index contributed by atoms with van der Waals surface area (Å²) in [6.07, 6.45) is 11.3. The van der Waals surface area contributed by atoms with Gasteiger partial charge in [-0.15, -0.1) is 0 Å². The number of hydrogen-bond donors (Lipinski definition) is 0. The fraction of sp³-hybridized carbons (Fsp3) is 0.0556. The SMILES string of the molecule is c1ccc(-c2nc([C@@H](c3ccccn3)[C@H](c3ccccn3)c3nc(-c4ccccn4)n4ccccc34)n3ccccc23)nc1. The van der Waals surface area contributed by atoms with Gasteiger partial charge in [-0.25, -0.2) is 9.97 Å². The highest BCUT2D eigenvalue weighted by molar-refractivity contribution is 5.76. The molecule has 0 N–H and O–H groups in total. The fourth-order valence-electron chi connectivity index (χ4n) is 5.98. The summed E-state index contributed by atoms with van der Waals surface area (Å²) in [6.45, 7) is 0. The van der Waals surface area contributed by atoms with E-state index in [-0.39, 0.29) is 11.8 Å². The minimum absolute atomic E-state index is 0.344. The lowest BCUT2D eigenvalue weighted by molar-refractivity contribution is 0.613. The third-order valence-electron chi connectivity index (χ3n) is 7.87. The summed E-state index contributed by atoms with van der Waals surface area (Å²) in [4.78, 5) is 29.8. The van der Waals surface area contributed by atoms with Crippen molar-refractivity contribution in [3.05, 3.63) is 169 Å². The van der Waals surface area contributed by atoms with Crippen molar-refractivity contribution in [2.45, 2.75) is 11.8 Å². The minimum Gasteiger partial charge on any atom is -0.302 e. The second-order valence-electron chi connectivity index (χ2n) is 10.4. The van der Waals surface area contributed by atoms with E-state index in [1.54, 1.807) is 12.4 Å². The van der Waals surface area contributed by atoms with Crippen LogP contribution in [-0.2, 0) is 0 Å². The molecule has 0 saturated carbocycles. The first-order valence-electron chi connectivity index (χ1n) is 14.5. The maximum atomic E-state index is 5.34. The van der Waals surface area contributed by atoms with Gasteiger partial charge in [0, 0.05) is 37.2 Å². The normalized spacial score (nSPS) is 12.8. The summed E-state index contributed by atoms with van der Waals surface area (Å²) in [6, 6.07) is 36.1. The van der Waals surface area contributed by atoms with Crippen LogP contribution >= 0.6 is 0 Å². The van der Waals surface area contributed by atoms with Crippen LogP contribution in [0.25, 0.3) is 33.9 Å². The van der Waals surface area contributed by atoms with E-state index >= 15 is 0 Å². The van der Waals surface area contributed by atoms with Gasteiger partial charge in [-0.05, 0) is 72.8 Å². The lowest BCUT2D eigenvalue weighted by atomic mass is 9.82. The average Bonchev–Trinajstić information content (AvgIpc) is 3.68. The molecule has 0 aliphatic carbocycles. The molecule has 8 rings (SSSR count). The van der Waals surface area contributed by atoms with Gasteiger partial charge in [0.1, 0.15) is 17.2 Å². The molecule has 0 amide bonds. The van der Waals surface area contributed by atoms with Gasteiger partial charge in [-0.1, -0.05) is 36.4 Å². The number of nitrogens with zero attached hydrogens (tertiary/aromatic N) is 8. The molecule has 0 bridgehead atoms. The van der Waals surface area contributed by atoms with Crippen LogP contribution in [0.3, 0.4) is 0 Å². The predicted molar refractivity (Wildman–Crippen MR) is 169 cm³/mol. The highest BCUT2D eigenvalue weighted by atomic mass is 15.1. The number of aromatic nitrogens is 8. The molecule has 8 heterocycles. The highest BCUT2D eigenvalue weighted by Crippen LogP contribution is 2.44. The molecule has 0 saturated heterocycles. The van der Waals surface area contributed by atoms with E-state index in [9.17, 15) is 0 Å². The molecule has 0 radical (unpaired) electrons. The Labute approximate surface area is 253 Å². The first-order chi connectivity index (χ1) is 21.9. The van der Waals surface area contributed by atoms with Crippen molar-refractivity contribution in [3.63, 3.8) is 0 Å². The van der Waals surface area contributed by atoms with Crippen LogP contribution in [0.4, 0.5) is 0 Å². The standard InChI is InChI=1S/C36H26N8/c1-7-19-37-25(13-1)31(34-30-18-6-11-23-43(30)35(42-34)28-16-4-10-22-40-28)32(26-14-2-8-20-38-26)36-41-33(27-15-3-9-21-39-27)29-17-5-12-24-44(29)36/h1-24,31-32H/t31-,32-/m0/s1. The molecule has 0 aromatic carbocycles. The zero-order valence-corrected chi connectivity index (χ0v) is 23.6. The third-order valence-corrected chi connectivity index (χ3v) is 7.87. The van der Waals surface area contributed by atoms with Crippen molar-refractivity contribution >= 4 is 11.0 Å². The Hall–Kier alpha value is -6.02. The van der Waals surface area contributed by atoms with E-state index in [1.165, 1.54) is 0 Å². The molecule has 8 aromatic rings. The van der Waals surface area contributed by atoms with Gasteiger partial charge in [-0.3, -0.25) is 24.3 Å². The summed E-state index contributed by atoms with van der Waals surface area (Å²) in [7, 11) is 0. The van der Waals surface area contributed by atoms with Crippen LogP contribution in [0.1, 0.15) is 34.7 Å². The van der Waals surface area contributed by atoms with Crippen LogP contribution in [-0.4, -0.2) is 38.7 Å². The maximum absolute atomic E-state index is 5.34. The summed E-state index contributed by atoms with van der Waals surface area (Å²) in [5.74, 6) is 0.892. The molecule has 0 fully saturated rings. The maximum Gasteiger partial charge on any atom is 0.163 e. The fourth-order valence-corrected chi connectivity index (χ4v) is 5.98. The van der Waals surface area contributed by atoms with Gasteiger partial charge in [0.2, 0.25) is 0 Å². The third kappa shape index (κ3) is 4.40. The number of fused-ring (bicyclic) bond motifs is 2. The lowest BCUT2D eigenvalue weighted by Gasteiger charge is -2.25. The molecule has 8 heteroatoms. The number of pyridine rings is 6. The van der Waals surface area contributed by atoms with E-state index in [2.05, 4.69) is 49.2 Å². The molecular formula is C36H26N8. The van der Waals surface area contributed by atoms with Crippen LogP contribution < -0.4 is 0 Å². The average molecular weight is 571 g/mol. The number of rotatable bonds is 7. The Bertz CT molecular complexity index is 2020. The molecule has 0 aliphatic rings. The molecule has 0 unspecified atom stereocenters. The summed E-state index contributed by atoms with van der Waals surface area (Å²) < 4.78 is 4.25. The quantitative estimate of drug-likeness (QED) is 0.208. The Morgan fingerprint density at radius 2 is 1.02 bits per heavy atom. The summed E-state index contributed by atoms with van der Waals surface area (Å²) in [5.41, 5.74) is 6.94. The molecule has 8 aromatic heterocycles. The van der Waals surface area contributed by atoms with Crippen molar-refractivity contribution in [1.29, 1.82) is 0 Å². The topological polar surface area (TPSA) is 86.2 Å².